The fourth-order valence-corrected chi connectivity index (χ4v) is 3.44. The first kappa shape index (κ1) is 15.8. The summed E-state index contributed by atoms with van der Waals surface area (Å²) in [5.74, 6) is 0.662. The first-order valence-electron chi connectivity index (χ1n) is 7.87. The third-order valence-corrected chi connectivity index (χ3v) is 5.01. The second kappa shape index (κ2) is 7.02. The molecule has 0 bridgehead atoms. The molecule has 3 rings (SSSR count). The van der Waals surface area contributed by atoms with Crippen LogP contribution in [0.15, 0.2) is 41.3 Å². The van der Waals surface area contributed by atoms with Gasteiger partial charge in [-0.25, -0.2) is 9.97 Å². The van der Waals surface area contributed by atoms with Gasteiger partial charge in [-0.2, -0.15) is 0 Å². The van der Waals surface area contributed by atoms with Crippen LogP contribution >= 0.6 is 11.5 Å². The second-order valence-corrected chi connectivity index (χ2v) is 6.31. The number of nitrogens with zero attached hydrogens (tertiary/aromatic N) is 4. The van der Waals surface area contributed by atoms with Crippen LogP contribution in [0.4, 0.5) is 0 Å². The van der Waals surface area contributed by atoms with Gasteiger partial charge in [0.15, 0.2) is 5.82 Å². The van der Waals surface area contributed by atoms with E-state index in [9.17, 15) is 4.79 Å². The molecule has 0 saturated heterocycles. The summed E-state index contributed by atoms with van der Waals surface area (Å²) in [6.07, 6.45) is 1.65. The Kier molecular flexibility index (Phi) is 4.83. The number of aromatic nitrogens is 3. The molecule has 0 aliphatic heterocycles. The molecule has 2 heterocycles. The first-order chi connectivity index (χ1) is 11.2. The van der Waals surface area contributed by atoms with Gasteiger partial charge < -0.3 is 4.90 Å². The molecule has 23 heavy (non-hydrogen) atoms. The van der Waals surface area contributed by atoms with E-state index in [1.165, 1.54) is 11.5 Å². The summed E-state index contributed by atoms with van der Waals surface area (Å²) in [5.41, 5.74) is 0.974. The molecule has 0 aliphatic carbocycles. The highest BCUT2D eigenvalue weighted by molar-refractivity contribution is 7.13. The maximum Gasteiger partial charge on any atom is 0.271 e. The van der Waals surface area contributed by atoms with Crippen molar-refractivity contribution in [1.82, 2.24) is 18.8 Å². The van der Waals surface area contributed by atoms with E-state index in [0.717, 1.165) is 30.0 Å². The van der Waals surface area contributed by atoms with Gasteiger partial charge in [-0.05, 0) is 24.6 Å². The van der Waals surface area contributed by atoms with E-state index in [1.54, 1.807) is 10.2 Å². The quantitative estimate of drug-likeness (QED) is 0.698. The molecular formula is C17H20N4OS. The lowest BCUT2D eigenvalue weighted by Gasteiger charge is -2.17. The molecule has 0 N–H and O–H groups in total. The van der Waals surface area contributed by atoms with Gasteiger partial charge in [-0.15, -0.1) is 0 Å². The van der Waals surface area contributed by atoms with Gasteiger partial charge in [0.05, 0.1) is 5.39 Å². The monoisotopic (exact) mass is 328 g/mol. The van der Waals surface area contributed by atoms with E-state index < -0.39 is 0 Å². The van der Waals surface area contributed by atoms with Crippen molar-refractivity contribution in [2.45, 2.75) is 20.4 Å². The Balaban J connectivity index is 1.91. The molecule has 6 heteroatoms. The Bertz CT molecular complexity index is 837. The minimum absolute atomic E-state index is 0.0109. The Morgan fingerprint density at radius 2 is 1.91 bits per heavy atom. The lowest BCUT2D eigenvalue weighted by Crippen LogP contribution is -2.28. The molecule has 2 aromatic heterocycles. The molecule has 120 valence electrons. The molecule has 5 nitrogen and oxygen atoms in total. The number of rotatable bonds is 6. The molecule has 0 unspecified atom stereocenters. The normalized spacial score (nSPS) is 11.4. The van der Waals surface area contributed by atoms with E-state index in [0.29, 0.717) is 17.8 Å². The smallest absolute Gasteiger partial charge is 0.271 e. The average molecular weight is 328 g/mol. The summed E-state index contributed by atoms with van der Waals surface area (Å²) in [6.45, 7) is 7.83. The van der Waals surface area contributed by atoms with Crippen LogP contribution in [0, 0.1) is 0 Å². The SMILES string of the molecule is CCN(CC)CCn1sc2nc(-c3ccccc3)ncc2c1=O. The van der Waals surface area contributed by atoms with Crippen LogP contribution in [0.25, 0.3) is 21.6 Å². The van der Waals surface area contributed by atoms with Crippen molar-refractivity contribution in [1.29, 1.82) is 0 Å². The van der Waals surface area contributed by atoms with Crippen LogP contribution in [-0.2, 0) is 6.54 Å². The van der Waals surface area contributed by atoms with E-state index in [-0.39, 0.29) is 5.56 Å². The van der Waals surface area contributed by atoms with E-state index in [2.05, 4.69) is 28.7 Å². The summed E-state index contributed by atoms with van der Waals surface area (Å²) in [7, 11) is 0. The van der Waals surface area contributed by atoms with Crippen LogP contribution in [0.3, 0.4) is 0 Å². The Labute approximate surface area is 139 Å². The lowest BCUT2D eigenvalue weighted by atomic mass is 10.2. The van der Waals surface area contributed by atoms with Gasteiger partial charge in [0.1, 0.15) is 4.83 Å². The fraction of sp³-hybridized carbons (Fsp3) is 0.353. The minimum atomic E-state index is 0.0109. The van der Waals surface area contributed by atoms with Crippen molar-refractivity contribution in [3.63, 3.8) is 0 Å². The Hall–Kier alpha value is -2.05. The van der Waals surface area contributed by atoms with Crippen molar-refractivity contribution >= 4 is 21.7 Å². The zero-order valence-corrected chi connectivity index (χ0v) is 14.2. The maximum absolute atomic E-state index is 12.4. The number of hydrogen-bond donors (Lipinski definition) is 0. The summed E-state index contributed by atoms with van der Waals surface area (Å²) in [6, 6.07) is 9.83. The summed E-state index contributed by atoms with van der Waals surface area (Å²) in [4.78, 5) is 24.4. The Morgan fingerprint density at radius 3 is 2.61 bits per heavy atom. The first-order valence-corrected chi connectivity index (χ1v) is 8.65. The lowest BCUT2D eigenvalue weighted by molar-refractivity contribution is 0.293. The van der Waals surface area contributed by atoms with Gasteiger partial charge in [0.2, 0.25) is 0 Å². The van der Waals surface area contributed by atoms with E-state index in [1.807, 2.05) is 30.3 Å². The van der Waals surface area contributed by atoms with Gasteiger partial charge >= 0.3 is 0 Å². The van der Waals surface area contributed by atoms with Crippen molar-refractivity contribution in [3.05, 3.63) is 46.9 Å². The number of likely N-dealkylation sites (N-methyl/N-ethyl adjacent to an activating group) is 1. The average Bonchev–Trinajstić information content (AvgIpc) is 2.92. The van der Waals surface area contributed by atoms with Crippen LogP contribution in [0.1, 0.15) is 13.8 Å². The third kappa shape index (κ3) is 3.33. The van der Waals surface area contributed by atoms with Crippen molar-refractivity contribution in [2.75, 3.05) is 19.6 Å². The largest absolute Gasteiger partial charge is 0.302 e. The van der Waals surface area contributed by atoms with Crippen molar-refractivity contribution < 1.29 is 0 Å². The molecule has 1 aromatic carbocycles. The summed E-state index contributed by atoms with van der Waals surface area (Å²) in [5, 5.41) is 0.606. The minimum Gasteiger partial charge on any atom is -0.302 e. The molecule has 0 radical (unpaired) electrons. The molecule has 0 aliphatic rings. The molecule has 3 aromatic rings. The Morgan fingerprint density at radius 1 is 1.17 bits per heavy atom. The number of benzene rings is 1. The van der Waals surface area contributed by atoms with E-state index >= 15 is 0 Å². The topological polar surface area (TPSA) is 51.0 Å². The third-order valence-electron chi connectivity index (χ3n) is 3.95. The van der Waals surface area contributed by atoms with Crippen LogP contribution in [-0.4, -0.2) is 38.5 Å². The van der Waals surface area contributed by atoms with E-state index in [4.69, 9.17) is 0 Å². The summed E-state index contributed by atoms with van der Waals surface area (Å²) >= 11 is 1.42. The molecule has 0 amide bonds. The molecule has 0 fully saturated rings. The van der Waals surface area contributed by atoms with Gasteiger partial charge in [0, 0.05) is 24.8 Å². The highest BCUT2D eigenvalue weighted by Gasteiger charge is 2.12. The van der Waals surface area contributed by atoms with Crippen molar-refractivity contribution in [3.8, 4) is 11.4 Å². The zero-order valence-electron chi connectivity index (χ0n) is 13.4. The highest BCUT2D eigenvalue weighted by atomic mass is 32.1. The molecule has 0 spiro atoms. The predicted molar refractivity (Wildman–Crippen MR) is 94.9 cm³/mol. The molecular weight excluding hydrogens is 308 g/mol. The molecule has 0 atom stereocenters. The number of fused-ring (bicyclic) bond motifs is 1. The van der Waals surface area contributed by atoms with Crippen LogP contribution < -0.4 is 5.56 Å². The van der Waals surface area contributed by atoms with Gasteiger partial charge in [-0.3, -0.25) is 8.75 Å². The van der Waals surface area contributed by atoms with Crippen LogP contribution in [0.5, 0.6) is 0 Å². The van der Waals surface area contributed by atoms with Crippen molar-refractivity contribution in [2.24, 2.45) is 0 Å². The zero-order chi connectivity index (χ0) is 16.2. The fourth-order valence-electron chi connectivity index (χ4n) is 2.51. The highest BCUT2D eigenvalue weighted by Crippen LogP contribution is 2.19. The van der Waals surface area contributed by atoms with Gasteiger partial charge in [-0.1, -0.05) is 44.2 Å². The molecule has 0 saturated carbocycles. The summed E-state index contributed by atoms with van der Waals surface area (Å²) < 4.78 is 1.78. The van der Waals surface area contributed by atoms with Crippen LogP contribution in [0.2, 0.25) is 0 Å². The maximum atomic E-state index is 12.4. The standard InChI is InChI=1S/C17H20N4OS/c1-3-20(4-2)10-11-21-17(22)14-12-18-15(19-16(14)23-21)13-8-6-5-7-9-13/h5-9,12H,3-4,10-11H2,1-2H3. The number of hydrogen-bond acceptors (Lipinski definition) is 5. The second-order valence-electron chi connectivity index (χ2n) is 5.30. The van der Waals surface area contributed by atoms with Gasteiger partial charge in [0.25, 0.3) is 5.56 Å². The predicted octanol–water partition coefficient (Wildman–Crippen LogP) is 2.86.